The molecule has 2 aromatic rings. The number of pyridine rings is 1. The minimum absolute atomic E-state index is 0.0718. The van der Waals surface area contributed by atoms with Crippen molar-refractivity contribution < 1.29 is 9.53 Å². The zero-order chi connectivity index (χ0) is 16.8. The molecular formula is C20H22N2O2. The number of hydrogen-bond acceptors (Lipinski definition) is 3. The Labute approximate surface area is 142 Å². The minimum Gasteiger partial charge on any atom is -0.501 e. The third-order valence-corrected chi connectivity index (χ3v) is 4.14. The summed E-state index contributed by atoms with van der Waals surface area (Å²) in [6.07, 6.45) is 5.68. The number of carbonyl (C=O) groups is 1. The van der Waals surface area contributed by atoms with Gasteiger partial charge in [-0.1, -0.05) is 35.9 Å². The Morgan fingerprint density at radius 3 is 2.75 bits per heavy atom. The molecule has 0 fully saturated rings. The van der Waals surface area contributed by atoms with Gasteiger partial charge in [-0.25, -0.2) is 0 Å². The largest absolute Gasteiger partial charge is 0.501 e. The molecule has 1 aliphatic rings. The SMILES string of the molecule is Cc1ccc(CC(NC(=O)C2=COCCC2)c2ccccn2)cc1. The molecule has 1 aromatic carbocycles. The fraction of sp³-hybridized carbons (Fsp3) is 0.300. The van der Waals surface area contributed by atoms with Crippen LogP contribution in [0.3, 0.4) is 0 Å². The number of carbonyl (C=O) groups excluding carboxylic acids is 1. The first-order valence-corrected chi connectivity index (χ1v) is 8.30. The van der Waals surface area contributed by atoms with Crippen LogP contribution in [0, 0.1) is 6.92 Å². The van der Waals surface area contributed by atoms with E-state index in [0.717, 1.165) is 18.5 Å². The van der Waals surface area contributed by atoms with Gasteiger partial charge in [-0.15, -0.1) is 0 Å². The van der Waals surface area contributed by atoms with Crippen molar-refractivity contribution in [1.29, 1.82) is 0 Å². The highest BCUT2D eigenvalue weighted by Crippen LogP contribution is 2.19. The highest BCUT2D eigenvalue weighted by atomic mass is 16.5. The average molecular weight is 322 g/mol. The molecule has 0 aliphatic carbocycles. The molecule has 1 aromatic heterocycles. The fourth-order valence-corrected chi connectivity index (χ4v) is 2.75. The smallest absolute Gasteiger partial charge is 0.250 e. The number of ether oxygens (including phenoxy) is 1. The van der Waals surface area contributed by atoms with Crippen molar-refractivity contribution in [2.75, 3.05) is 6.61 Å². The lowest BCUT2D eigenvalue weighted by Gasteiger charge is -2.21. The molecule has 1 amide bonds. The number of hydrogen-bond donors (Lipinski definition) is 1. The second-order valence-corrected chi connectivity index (χ2v) is 6.09. The summed E-state index contributed by atoms with van der Waals surface area (Å²) >= 11 is 0. The Kier molecular flexibility index (Phi) is 5.26. The van der Waals surface area contributed by atoms with Crippen LogP contribution in [0.2, 0.25) is 0 Å². The number of aromatic nitrogens is 1. The van der Waals surface area contributed by atoms with Gasteiger partial charge >= 0.3 is 0 Å². The molecule has 0 spiro atoms. The number of rotatable bonds is 5. The van der Waals surface area contributed by atoms with Gasteiger partial charge in [-0.3, -0.25) is 9.78 Å². The molecule has 0 bridgehead atoms. The number of nitrogens with one attached hydrogen (secondary N) is 1. The Morgan fingerprint density at radius 1 is 1.25 bits per heavy atom. The lowest BCUT2D eigenvalue weighted by molar-refractivity contribution is -0.118. The summed E-state index contributed by atoms with van der Waals surface area (Å²) in [4.78, 5) is 17.0. The molecule has 1 N–H and O–H groups in total. The molecule has 124 valence electrons. The molecular weight excluding hydrogens is 300 g/mol. The Balaban J connectivity index is 1.78. The van der Waals surface area contributed by atoms with E-state index in [9.17, 15) is 4.79 Å². The summed E-state index contributed by atoms with van der Waals surface area (Å²) in [5.41, 5.74) is 3.96. The molecule has 0 saturated carbocycles. The van der Waals surface area contributed by atoms with E-state index in [2.05, 4.69) is 41.5 Å². The Bertz CT molecular complexity index is 708. The van der Waals surface area contributed by atoms with Gasteiger partial charge in [0.1, 0.15) is 0 Å². The summed E-state index contributed by atoms with van der Waals surface area (Å²) in [5.74, 6) is -0.0718. The second kappa shape index (κ2) is 7.77. The van der Waals surface area contributed by atoms with Crippen molar-refractivity contribution in [3.05, 3.63) is 77.3 Å². The summed E-state index contributed by atoms with van der Waals surface area (Å²) < 4.78 is 5.28. The van der Waals surface area contributed by atoms with Crippen molar-refractivity contribution in [3.8, 4) is 0 Å². The van der Waals surface area contributed by atoms with Gasteiger partial charge in [-0.05, 0) is 43.9 Å². The summed E-state index contributed by atoms with van der Waals surface area (Å²) in [5, 5.41) is 3.12. The van der Waals surface area contributed by atoms with Crippen molar-refractivity contribution in [1.82, 2.24) is 10.3 Å². The monoisotopic (exact) mass is 322 g/mol. The van der Waals surface area contributed by atoms with Gasteiger partial charge < -0.3 is 10.1 Å². The zero-order valence-corrected chi connectivity index (χ0v) is 13.9. The number of aryl methyl sites for hydroxylation is 1. The quantitative estimate of drug-likeness (QED) is 0.917. The van der Waals surface area contributed by atoms with Gasteiger partial charge in [0, 0.05) is 6.20 Å². The summed E-state index contributed by atoms with van der Waals surface area (Å²) in [6, 6.07) is 14.0. The molecule has 4 heteroatoms. The normalized spacial score (nSPS) is 15.1. The fourth-order valence-electron chi connectivity index (χ4n) is 2.75. The molecule has 4 nitrogen and oxygen atoms in total. The van der Waals surface area contributed by atoms with Crippen LogP contribution >= 0.6 is 0 Å². The van der Waals surface area contributed by atoms with E-state index in [1.807, 2.05) is 18.2 Å². The van der Waals surface area contributed by atoms with Gasteiger partial charge in [0.15, 0.2) is 0 Å². The van der Waals surface area contributed by atoms with E-state index in [-0.39, 0.29) is 11.9 Å². The maximum atomic E-state index is 12.5. The molecule has 24 heavy (non-hydrogen) atoms. The Hall–Kier alpha value is -2.62. The first-order chi connectivity index (χ1) is 11.7. The van der Waals surface area contributed by atoms with Gasteiger partial charge in [0.05, 0.1) is 30.2 Å². The topological polar surface area (TPSA) is 51.2 Å². The molecule has 1 atom stereocenters. The number of amides is 1. The van der Waals surface area contributed by atoms with Crippen LogP contribution in [0.1, 0.15) is 35.7 Å². The van der Waals surface area contributed by atoms with Crippen LogP contribution in [0.5, 0.6) is 0 Å². The van der Waals surface area contributed by atoms with Crippen LogP contribution in [-0.2, 0) is 16.0 Å². The van der Waals surface area contributed by atoms with E-state index in [1.54, 1.807) is 12.5 Å². The molecule has 0 saturated heterocycles. The molecule has 1 unspecified atom stereocenters. The zero-order valence-electron chi connectivity index (χ0n) is 13.9. The van der Waals surface area contributed by atoms with E-state index >= 15 is 0 Å². The van der Waals surface area contributed by atoms with E-state index in [4.69, 9.17) is 4.74 Å². The van der Waals surface area contributed by atoms with Crippen LogP contribution < -0.4 is 5.32 Å². The predicted octanol–water partition coefficient (Wildman–Crippen LogP) is 3.48. The van der Waals surface area contributed by atoms with Crippen molar-refractivity contribution in [2.45, 2.75) is 32.2 Å². The standard InChI is InChI=1S/C20H22N2O2/c1-15-7-9-16(10-8-15)13-19(18-6-2-3-11-21-18)22-20(23)17-5-4-12-24-14-17/h2-3,6-11,14,19H,4-5,12-13H2,1H3,(H,22,23). The van der Waals surface area contributed by atoms with Gasteiger partial charge in [0.2, 0.25) is 0 Å². The number of nitrogens with zero attached hydrogens (tertiary/aromatic N) is 1. The summed E-state index contributed by atoms with van der Waals surface area (Å²) in [7, 11) is 0. The second-order valence-electron chi connectivity index (χ2n) is 6.09. The first-order valence-electron chi connectivity index (χ1n) is 8.30. The van der Waals surface area contributed by atoms with Crippen LogP contribution in [0.4, 0.5) is 0 Å². The van der Waals surface area contributed by atoms with Crippen molar-refractivity contribution in [3.63, 3.8) is 0 Å². The molecule has 3 rings (SSSR count). The van der Waals surface area contributed by atoms with Gasteiger partial charge in [0.25, 0.3) is 5.91 Å². The molecule has 1 aliphatic heterocycles. The minimum atomic E-state index is -0.163. The van der Waals surface area contributed by atoms with Crippen molar-refractivity contribution in [2.24, 2.45) is 0 Å². The van der Waals surface area contributed by atoms with Crippen molar-refractivity contribution >= 4 is 5.91 Å². The highest BCUT2D eigenvalue weighted by molar-refractivity contribution is 5.93. The maximum absolute atomic E-state index is 12.5. The van der Waals surface area contributed by atoms with Gasteiger partial charge in [-0.2, -0.15) is 0 Å². The maximum Gasteiger partial charge on any atom is 0.250 e. The summed E-state index contributed by atoms with van der Waals surface area (Å²) in [6.45, 7) is 2.75. The Morgan fingerprint density at radius 2 is 2.08 bits per heavy atom. The van der Waals surface area contributed by atoms with E-state index < -0.39 is 0 Å². The lowest BCUT2D eigenvalue weighted by Crippen LogP contribution is -2.32. The average Bonchev–Trinajstić information content (AvgIpc) is 2.64. The van der Waals surface area contributed by atoms with Crippen LogP contribution in [0.25, 0.3) is 0 Å². The van der Waals surface area contributed by atoms with Crippen LogP contribution in [0.15, 0.2) is 60.5 Å². The third-order valence-electron chi connectivity index (χ3n) is 4.14. The first kappa shape index (κ1) is 16.2. The van der Waals surface area contributed by atoms with E-state index in [0.29, 0.717) is 18.6 Å². The van der Waals surface area contributed by atoms with E-state index in [1.165, 1.54) is 11.1 Å². The lowest BCUT2D eigenvalue weighted by atomic mass is 10.0. The number of benzene rings is 1. The molecule has 0 radical (unpaired) electrons. The highest BCUT2D eigenvalue weighted by Gasteiger charge is 2.20. The molecule has 2 heterocycles. The predicted molar refractivity (Wildman–Crippen MR) is 93.3 cm³/mol. The van der Waals surface area contributed by atoms with Crippen LogP contribution in [-0.4, -0.2) is 17.5 Å². The third kappa shape index (κ3) is 4.22.